The first-order valence-electron chi connectivity index (χ1n) is 6.97. The largest absolute Gasteiger partial charge is 0.496 e. The summed E-state index contributed by atoms with van der Waals surface area (Å²) in [6, 6.07) is 5.25. The van der Waals surface area contributed by atoms with E-state index in [9.17, 15) is 0 Å². The lowest BCUT2D eigenvalue weighted by Gasteiger charge is -2.16. The van der Waals surface area contributed by atoms with Gasteiger partial charge in [-0.2, -0.15) is 0 Å². The predicted molar refractivity (Wildman–Crippen MR) is 76.4 cm³/mol. The fraction of sp³-hybridized carbons (Fsp3) is 0.625. The second-order valence-electron chi connectivity index (χ2n) is 5.74. The van der Waals surface area contributed by atoms with E-state index in [1.54, 1.807) is 7.11 Å². The normalized spacial score (nSPS) is 16.7. The van der Waals surface area contributed by atoms with Gasteiger partial charge < -0.3 is 10.1 Å². The molecule has 1 N–H and O–H groups in total. The van der Waals surface area contributed by atoms with Gasteiger partial charge in [-0.3, -0.25) is 0 Å². The van der Waals surface area contributed by atoms with Crippen molar-refractivity contribution in [2.75, 3.05) is 13.7 Å². The van der Waals surface area contributed by atoms with Gasteiger partial charge in [-0.15, -0.1) is 0 Å². The number of hydrogen-bond acceptors (Lipinski definition) is 2. The van der Waals surface area contributed by atoms with Gasteiger partial charge in [0.05, 0.1) is 7.11 Å². The SMILES string of the molecule is COc1cc(C)c(CC(C)CNC2CC2)cc1C. The summed E-state index contributed by atoms with van der Waals surface area (Å²) in [5, 5.41) is 3.61. The maximum atomic E-state index is 5.36. The van der Waals surface area contributed by atoms with E-state index in [4.69, 9.17) is 4.74 Å². The van der Waals surface area contributed by atoms with Gasteiger partial charge in [0.25, 0.3) is 0 Å². The van der Waals surface area contributed by atoms with E-state index in [1.807, 2.05) is 0 Å². The lowest BCUT2D eigenvalue weighted by atomic mass is 9.95. The minimum atomic E-state index is 0.692. The van der Waals surface area contributed by atoms with E-state index in [0.29, 0.717) is 5.92 Å². The second kappa shape index (κ2) is 5.75. The Kier molecular flexibility index (Phi) is 4.28. The highest BCUT2D eigenvalue weighted by atomic mass is 16.5. The topological polar surface area (TPSA) is 21.3 Å². The molecular weight excluding hydrogens is 222 g/mol. The Labute approximate surface area is 111 Å². The fourth-order valence-electron chi connectivity index (χ4n) is 2.39. The van der Waals surface area contributed by atoms with Gasteiger partial charge in [-0.25, -0.2) is 0 Å². The summed E-state index contributed by atoms with van der Waals surface area (Å²) in [6.07, 6.45) is 3.89. The van der Waals surface area contributed by atoms with Crippen LogP contribution < -0.4 is 10.1 Å². The minimum absolute atomic E-state index is 0.692. The van der Waals surface area contributed by atoms with Crippen molar-refractivity contribution in [3.63, 3.8) is 0 Å². The standard InChI is InChI=1S/C16H25NO/c1-11(10-17-15-5-6-15)7-14-8-13(3)16(18-4)9-12(14)2/h8-9,11,15,17H,5-7,10H2,1-4H3. The molecule has 2 heteroatoms. The molecule has 0 spiro atoms. The second-order valence-corrected chi connectivity index (χ2v) is 5.74. The Balaban J connectivity index is 1.96. The van der Waals surface area contributed by atoms with Crippen LogP contribution >= 0.6 is 0 Å². The number of benzene rings is 1. The van der Waals surface area contributed by atoms with Crippen molar-refractivity contribution < 1.29 is 4.74 Å². The van der Waals surface area contributed by atoms with Gasteiger partial charge in [-0.1, -0.05) is 13.0 Å². The summed E-state index contributed by atoms with van der Waals surface area (Å²) < 4.78 is 5.36. The molecule has 0 heterocycles. The zero-order chi connectivity index (χ0) is 13.1. The van der Waals surface area contributed by atoms with Gasteiger partial charge in [0, 0.05) is 6.04 Å². The van der Waals surface area contributed by atoms with Crippen LogP contribution in [0, 0.1) is 19.8 Å². The van der Waals surface area contributed by atoms with Crippen molar-refractivity contribution in [1.82, 2.24) is 5.32 Å². The van der Waals surface area contributed by atoms with Crippen molar-refractivity contribution >= 4 is 0 Å². The molecule has 2 rings (SSSR count). The molecule has 1 aliphatic rings. The maximum Gasteiger partial charge on any atom is 0.122 e. The molecule has 1 atom stereocenters. The van der Waals surface area contributed by atoms with Crippen LogP contribution in [0.3, 0.4) is 0 Å². The van der Waals surface area contributed by atoms with Crippen molar-refractivity contribution in [3.05, 3.63) is 28.8 Å². The van der Waals surface area contributed by atoms with E-state index in [1.165, 1.54) is 29.5 Å². The number of ether oxygens (including phenoxy) is 1. The van der Waals surface area contributed by atoms with Crippen molar-refractivity contribution in [1.29, 1.82) is 0 Å². The Morgan fingerprint density at radius 3 is 2.61 bits per heavy atom. The van der Waals surface area contributed by atoms with Crippen molar-refractivity contribution in [2.45, 2.75) is 46.1 Å². The maximum absolute atomic E-state index is 5.36. The predicted octanol–water partition coefficient (Wildman–Crippen LogP) is 3.24. The number of methoxy groups -OCH3 is 1. The van der Waals surface area contributed by atoms with Gasteiger partial charge in [0.2, 0.25) is 0 Å². The van der Waals surface area contributed by atoms with E-state index >= 15 is 0 Å². The minimum Gasteiger partial charge on any atom is -0.496 e. The number of rotatable bonds is 6. The zero-order valence-corrected chi connectivity index (χ0v) is 12.0. The van der Waals surface area contributed by atoms with E-state index in [0.717, 1.165) is 24.8 Å². The number of nitrogens with one attached hydrogen (secondary N) is 1. The van der Waals surface area contributed by atoms with E-state index < -0.39 is 0 Å². The zero-order valence-electron chi connectivity index (χ0n) is 12.0. The molecular formula is C16H25NO. The first-order chi connectivity index (χ1) is 8.60. The van der Waals surface area contributed by atoms with Crippen LogP contribution in [0.15, 0.2) is 12.1 Å². The lowest BCUT2D eigenvalue weighted by Crippen LogP contribution is -2.24. The van der Waals surface area contributed by atoms with Crippen LogP contribution in [-0.4, -0.2) is 19.7 Å². The van der Waals surface area contributed by atoms with Gasteiger partial charge in [0.1, 0.15) is 5.75 Å². The highest BCUT2D eigenvalue weighted by molar-refractivity contribution is 5.41. The first-order valence-corrected chi connectivity index (χ1v) is 6.97. The van der Waals surface area contributed by atoms with Crippen LogP contribution in [0.2, 0.25) is 0 Å². The molecule has 1 aromatic rings. The number of hydrogen-bond donors (Lipinski definition) is 1. The first kappa shape index (κ1) is 13.4. The van der Waals surface area contributed by atoms with Gasteiger partial charge in [-0.05, 0) is 68.3 Å². The van der Waals surface area contributed by atoms with Crippen molar-refractivity contribution in [2.24, 2.45) is 5.92 Å². The van der Waals surface area contributed by atoms with Crippen LogP contribution in [0.5, 0.6) is 5.75 Å². The quantitative estimate of drug-likeness (QED) is 0.833. The van der Waals surface area contributed by atoms with Gasteiger partial charge in [0.15, 0.2) is 0 Å². The molecule has 18 heavy (non-hydrogen) atoms. The molecule has 0 aromatic heterocycles. The molecule has 100 valence electrons. The highest BCUT2D eigenvalue weighted by Crippen LogP contribution is 2.24. The Morgan fingerprint density at radius 2 is 2.00 bits per heavy atom. The van der Waals surface area contributed by atoms with Gasteiger partial charge >= 0.3 is 0 Å². The third-order valence-electron chi connectivity index (χ3n) is 3.75. The summed E-state index contributed by atoms with van der Waals surface area (Å²) in [5.41, 5.74) is 4.04. The molecule has 0 saturated heterocycles. The van der Waals surface area contributed by atoms with Crippen LogP contribution in [0.4, 0.5) is 0 Å². The van der Waals surface area contributed by atoms with Crippen LogP contribution in [0.1, 0.15) is 36.5 Å². The molecule has 1 unspecified atom stereocenters. The molecule has 0 bridgehead atoms. The highest BCUT2D eigenvalue weighted by Gasteiger charge is 2.21. The van der Waals surface area contributed by atoms with E-state index in [2.05, 4.69) is 38.2 Å². The summed E-state index contributed by atoms with van der Waals surface area (Å²) in [6.45, 7) is 7.76. The average Bonchev–Trinajstić information content (AvgIpc) is 3.15. The molecule has 1 fully saturated rings. The summed E-state index contributed by atoms with van der Waals surface area (Å²) in [7, 11) is 1.74. The number of aryl methyl sites for hydroxylation is 2. The lowest BCUT2D eigenvalue weighted by molar-refractivity contribution is 0.411. The molecule has 2 nitrogen and oxygen atoms in total. The third-order valence-corrected chi connectivity index (χ3v) is 3.75. The Bertz CT molecular complexity index is 410. The molecule has 1 saturated carbocycles. The Morgan fingerprint density at radius 1 is 1.28 bits per heavy atom. The summed E-state index contributed by atoms with van der Waals surface area (Å²) >= 11 is 0. The third kappa shape index (κ3) is 3.49. The monoisotopic (exact) mass is 247 g/mol. The average molecular weight is 247 g/mol. The molecule has 0 amide bonds. The van der Waals surface area contributed by atoms with Crippen LogP contribution in [0.25, 0.3) is 0 Å². The fourth-order valence-corrected chi connectivity index (χ4v) is 2.39. The van der Waals surface area contributed by atoms with Crippen molar-refractivity contribution in [3.8, 4) is 5.75 Å². The molecule has 0 radical (unpaired) electrons. The molecule has 1 aliphatic carbocycles. The molecule has 1 aromatic carbocycles. The van der Waals surface area contributed by atoms with E-state index in [-0.39, 0.29) is 0 Å². The summed E-state index contributed by atoms with van der Waals surface area (Å²) in [5.74, 6) is 1.69. The van der Waals surface area contributed by atoms with Crippen LogP contribution in [-0.2, 0) is 6.42 Å². The molecule has 0 aliphatic heterocycles. The summed E-state index contributed by atoms with van der Waals surface area (Å²) in [4.78, 5) is 0. The smallest absolute Gasteiger partial charge is 0.122 e. The Hall–Kier alpha value is -1.02.